The van der Waals surface area contributed by atoms with Gasteiger partial charge in [0.2, 0.25) is 11.8 Å². The van der Waals surface area contributed by atoms with Crippen molar-refractivity contribution >= 4 is 29.9 Å². The number of nitrogens with zero attached hydrogens (tertiary/aromatic N) is 2. The molecule has 1 aromatic rings. The summed E-state index contributed by atoms with van der Waals surface area (Å²) in [4.78, 5) is 27.8. The fourth-order valence-corrected chi connectivity index (χ4v) is 2.48. The smallest absolute Gasteiger partial charge is 0.247 e. The van der Waals surface area contributed by atoms with Gasteiger partial charge in [-0.1, -0.05) is 18.2 Å². The van der Waals surface area contributed by atoms with Crippen LogP contribution >= 0.6 is 12.4 Å². The third-order valence-electron chi connectivity index (χ3n) is 3.72. The third-order valence-corrected chi connectivity index (χ3v) is 3.72. The van der Waals surface area contributed by atoms with E-state index >= 15 is 0 Å². The predicted molar refractivity (Wildman–Crippen MR) is 85.6 cm³/mol. The first-order chi connectivity index (χ1) is 9.43. The van der Waals surface area contributed by atoms with E-state index in [1.54, 1.807) is 30.7 Å². The molecule has 1 aliphatic rings. The molecule has 6 heteroatoms. The number of hydrogen-bond donors (Lipinski definition) is 1. The Hall–Kier alpha value is -1.75. The van der Waals surface area contributed by atoms with Crippen molar-refractivity contribution in [1.29, 1.82) is 0 Å². The minimum atomic E-state index is -0.775. The highest BCUT2D eigenvalue weighted by Crippen LogP contribution is 2.21. The molecule has 0 radical (unpaired) electrons. The van der Waals surface area contributed by atoms with Gasteiger partial charge in [0, 0.05) is 25.8 Å². The molecule has 116 valence electrons. The predicted octanol–water partition coefficient (Wildman–Crippen LogP) is 1.60. The molecular formula is C15H22ClN3O2. The minimum Gasteiger partial charge on any atom is -0.376 e. The second-order valence-corrected chi connectivity index (χ2v) is 5.55. The Bertz CT molecular complexity index is 505. The van der Waals surface area contributed by atoms with E-state index in [9.17, 15) is 9.59 Å². The van der Waals surface area contributed by atoms with Gasteiger partial charge in [-0.3, -0.25) is 9.59 Å². The van der Waals surface area contributed by atoms with Crippen molar-refractivity contribution in [2.24, 2.45) is 0 Å². The molecule has 5 nitrogen and oxygen atoms in total. The highest BCUT2D eigenvalue weighted by atomic mass is 35.5. The minimum absolute atomic E-state index is 0. The zero-order valence-electron chi connectivity index (χ0n) is 12.6. The first-order valence-corrected chi connectivity index (χ1v) is 6.78. The number of piperazine rings is 1. The van der Waals surface area contributed by atoms with Gasteiger partial charge in [0.05, 0.1) is 6.54 Å². The average Bonchev–Trinajstić information content (AvgIpc) is 2.43. The summed E-state index contributed by atoms with van der Waals surface area (Å²) in [5, 5.41) is 3.09. The summed E-state index contributed by atoms with van der Waals surface area (Å²) in [6.07, 6.45) is 0. The van der Waals surface area contributed by atoms with E-state index in [0.29, 0.717) is 13.1 Å². The first-order valence-electron chi connectivity index (χ1n) is 6.78. The lowest BCUT2D eigenvalue weighted by molar-refractivity contribution is -0.156. The molecule has 0 atom stereocenters. The Morgan fingerprint density at radius 2 is 1.86 bits per heavy atom. The Morgan fingerprint density at radius 1 is 1.24 bits per heavy atom. The number of carbonyl (C=O) groups is 2. The summed E-state index contributed by atoms with van der Waals surface area (Å²) in [6, 6.07) is 9.57. The van der Waals surface area contributed by atoms with Gasteiger partial charge in [0.1, 0.15) is 5.54 Å². The molecule has 2 rings (SSSR count). The summed E-state index contributed by atoms with van der Waals surface area (Å²) < 4.78 is 0. The van der Waals surface area contributed by atoms with Crippen LogP contribution in [0.2, 0.25) is 0 Å². The fraction of sp³-hybridized carbons (Fsp3) is 0.467. The van der Waals surface area contributed by atoms with Crippen molar-refractivity contribution in [3.63, 3.8) is 0 Å². The van der Waals surface area contributed by atoms with Gasteiger partial charge in [-0.2, -0.15) is 0 Å². The average molecular weight is 312 g/mol. The van der Waals surface area contributed by atoms with Crippen LogP contribution in [0.5, 0.6) is 0 Å². The fourth-order valence-electron chi connectivity index (χ4n) is 2.48. The largest absolute Gasteiger partial charge is 0.376 e. The summed E-state index contributed by atoms with van der Waals surface area (Å²) in [5.74, 6) is -0.0721. The highest BCUT2D eigenvalue weighted by molar-refractivity contribution is 5.93. The second-order valence-electron chi connectivity index (χ2n) is 5.55. The van der Waals surface area contributed by atoms with E-state index in [0.717, 1.165) is 5.69 Å². The zero-order chi connectivity index (χ0) is 14.8. The number of amides is 2. The van der Waals surface area contributed by atoms with Gasteiger partial charge < -0.3 is 15.1 Å². The Labute approximate surface area is 131 Å². The van der Waals surface area contributed by atoms with Gasteiger partial charge in [-0.15, -0.1) is 12.4 Å². The molecule has 0 unspecified atom stereocenters. The number of hydrogen-bond acceptors (Lipinski definition) is 3. The van der Waals surface area contributed by atoms with Crippen molar-refractivity contribution in [3.8, 4) is 0 Å². The van der Waals surface area contributed by atoms with Gasteiger partial charge in [0.25, 0.3) is 0 Å². The Morgan fingerprint density at radius 3 is 2.48 bits per heavy atom. The first kappa shape index (κ1) is 17.3. The maximum absolute atomic E-state index is 12.3. The molecule has 0 bridgehead atoms. The van der Waals surface area contributed by atoms with Crippen LogP contribution in [-0.2, 0) is 9.59 Å². The van der Waals surface area contributed by atoms with Crippen molar-refractivity contribution in [2.45, 2.75) is 19.4 Å². The van der Waals surface area contributed by atoms with Crippen LogP contribution in [-0.4, -0.2) is 53.8 Å². The standard InChI is InChI=1S/C15H21N3O2.ClH/c1-15(2)14(20)17(3)9-10-18(15)13(19)11-16-12-7-5-4-6-8-12;/h4-8,16H,9-11H2,1-3H3;1H. The number of benzene rings is 1. The van der Waals surface area contributed by atoms with E-state index in [-0.39, 0.29) is 30.8 Å². The maximum Gasteiger partial charge on any atom is 0.247 e. The molecule has 0 saturated carbocycles. The van der Waals surface area contributed by atoms with E-state index in [1.807, 2.05) is 30.3 Å². The molecule has 1 heterocycles. The van der Waals surface area contributed by atoms with Crippen LogP contribution in [0.25, 0.3) is 0 Å². The Balaban J connectivity index is 0.00000220. The Kier molecular flexibility index (Phi) is 5.61. The zero-order valence-corrected chi connectivity index (χ0v) is 13.4. The van der Waals surface area contributed by atoms with Crippen LogP contribution < -0.4 is 5.32 Å². The molecule has 0 aromatic heterocycles. The van der Waals surface area contributed by atoms with Crippen molar-refractivity contribution in [2.75, 3.05) is 32.0 Å². The quantitative estimate of drug-likeness (QED) is 0.922. The lowest BCUT2D eigenvalue weighted by Gasteiger charge is -2.44. The maximum atomic E-state index is 12.3. The molecule has 21 heavy (non-hydrogen) atoms. The van der Waals surface area contributed by atoms with Gasteiger partial charge in [-0.05, 0) is 26.0 Å². The molecule has 1 aliphatic heterocycles. The summed E-state index contributed by atoms with van der Waals surface area (Å²) in [5.41, 5.74) is 0.127. The van der Waals surface area contributed by atoms with Gasteiger partial charge >= 0.3 is 0 Å². The van der Waals surface area contributed by atoms with E-state index in [2.05, 4.69) is 5.32 Å². The molecule has 1 aromatic carbocycles. The normalized spacial score (nSPS) is 17.2. The monoisotopic (exact) mass is 311 g/mol. The van der Waals surface area contributed by atoms with Gasteiger partial charge in [-0.25, -0.2) is 0 Å². The number of carbonyl (C=O) groups excluding carboxylic acids is 2. The molecule has 0 aliphatic carbocycles. The molecule has 1 fully saturated rings. The number of nitrogens with one attached hydrogen (secondary N) is 1. The number of para-hydroxylation sites is 1. The molecule has 1 N–H and O–H groups in total. The lowest BCUT2D eigenvalue weighted by atomic mass is 9.97. The van der Waals surface area contributed by atoms with Crippen LogP contribution in [0.4, 0.5) is 5.69 Å². The molecule has 2 amide bonds. The van der Waals surface area contributed by atoms with Crippen LogP contribution in [0.15, 0.2) is 30.3 Å². The van der Waals surface area contributed by atoms with E-state index < -0.39 is 5.54 Å². The van der Waals surface area contributed by atoms with Crippen LogP contribution in [0, 0.1) is 0 Å². The van der Waals surface area contributed by atoms with Crippen molar-refractivity contribution in [3.05, 3.63) is 30.3 Å². The number of likely N-dealkylation sites (N-methyl/N-ethyl adjacent to an activating group) is 1. The van der Waals surface area contributed by atoms with Crippen molar-refractivity contribution in [1.82, 2.24) is 9.80 Å². The topological polar surface area (TPSA) is 52.6 Å². The molecular weight excluding hydrogens is 290 g/mol. The SMILES string of the molecule is CN1CCN(C(=O)CNc2ccccc2)C(C)(C)C1=O.Cl. The lowest BCUT2D eigenvalue weighted by Crippen LogP contribution is -2.64. The number of rotatable bonds is 3. The summed E-state index contributed by atoms with van der Waals surface area (Å²) in [7, 11) is 1.77. The van der Waals surface area contributed by atoms with E-state index in [1.165, 1.54) is 0 Å². The molecule has 0 spiro atoms. The summed E-state index contributed by atoms with van der Waals surface area (Å²) in [6.45, 7) is 4.95. The van der Waals surface area contributed by atoms with Crippen LogP contribution in [0.3, 0.4) is 0 Å². The molecule has 1 saturated heterocycles. The highest BCUT2D eigenvalue weighted by Gasteiger charge is 2.42. The third kappa shape index (κ3) is 3.67. The summed E-state index contributed by atoms with van der Waals surface area (Å²) >= 11 is 0. The van der Waals surface area contributed by atoms with Crippen LogP contribution in [0.1, 0.15) is 13.8 Å². The van der Waals surface area contributed by atoms with Crippen molar-refractivity contribution < 1.29 is 9.59 Å². The van der Waals surface area contributed by atoms with Gasteiger partial charge in [0.15, 0.2) is 0 Å². The second kappa shape index (κ2) is 6.80. The number of halogens is 1. The number of anilines is 1. The van der Waals surface area contributed by atoms with E-state index in [4.69, 9.17) is 0 Å².